The molecule has 6 nitrogen and oxygen atoms in total. The molecule has 0 radical (unpaired) electrons. The topological polar surface area (TPSA) is 94.3 Å². The molecule has 0 spiro atoms. The molecule has 0 fully saturated rings. The van der Waals surface area contributed by atoms with E-state index in [4.69, 9.17) is 5.26 Å². The van der Waals surface area contributed by atoms with Crippen molar-refractivity contribution in [3.05, 3.63) is 24.3 Å². The Kier molecular flexibility index (Phi) is 6.01. The Hall–Kier alpha value is -1.56. The summed E-state index contributed by atoms with van der Waals surface area (Å²) in [4.78, 5) is 4.32. The van der Waals surface area contributed by atoms with Crippen LogP contribution in [0.15, 0.2) is 34.2 Å². The highest BCUT2D eigenvalue weighted by Crippen LogP contribution is 2.19. The molecule has 0 bridgehead atoms. The number of sulfonamides is 1. The van der Waals surface area contributed by atoms with Crippen LogP contribution in [0, 0.1) is 11.5 Å². The van der Waals surface area contributed by atoms with E-state index in [-0.39, 0.29) is 10.9 Å². The molecule has 20 heavy (non-hydrogen) atoms. The van der Waals surface area contributed by atoms with Crippen LogP contribution < -0.4 is 10.0 Å². The summed E-state index contributed by atoms with van der Waals surface area (Å²) >= 11 is 1.26. The van der Waals surface area contributed by atoms with Crippen LogP contribution in [-0.2, 0) is 10.0 Å². The van der Waals surface area contributed by atoms with E-state index >= 15 is 0 Å². The standard InChI is InChI=1S/C12H16N4O2S2/c1-9(2)16-20(17,18)11-6-4-5-10(7-11)15-12(19-3)14-8-13/h4-7,9,16H,1-3H3,(H,14,15). The van der Waals surface area contributed by atoms with Crippen LogP contribution in [0.3, 0.4) is 0 Å². The van der Waals surface area contributed by atoms with Crippen LogP contribution in [0.25, 0.3) is 0 Å². The number of hydrogen-bond donors (Lipinski definition) is 2. The zero-order valence-corrected chi connectivity index (χ0v) is 13.0. The van der Waals surface area contributed by atoms with E-state index < -0.39 is 10.0 Å². The SMILES string of the molecule is CSC(=Nc1cccc(S(=O)(=O)NC(C)C)c1)NC#N. The van der Waals surface area contributed by atoms with Gasteiger partial charge in [0.1, 0.15) is 0 Å². The first kappa shape index (κ1) is 16.5. The molecule has 108 valence electrons. The Balaban J connectivity index is 3.12. The first-order chi connectivity index (χ1) is 9.39. The van der Waals surface area contributed by atoms with Gasteiger partial charge < -0.3 is 0 Å². The largest absolute Gasteiger partial charge is 0.271 e. The van der Waals surface area contributed by atoms with Crippen LogP contribution >= 0.6 is 11.8 Å². The molecule has 0 aliphatic carbocycles. The molecule has 8 heteroatoms. The van der Waals surface area contributed by atoms with Gasteiger partial charge in [0.2, 0.25) is 10.0 Å². The molecule has 2 N–H and O–H groups in total. The number of nitrogens with one attached hydrogen (secondary N) is 2. The number of hydrogen-bond acceptors (Lipinski definition) is 5. The average molecular weight is 312 g/mol. The number of benzene rings is 1. The van der Waals surface area contributed by atoms with Gasteiger partial charge in [-0.05, 0) is 38.3 Å². The van der Waals surface area contributed by atoms with E-state index in [0.29, 0.717) is 10.9 Å². The molecule has 0 aliphatic heterocycles. The second kappa shape index (κ2) is 7.28. The minimum Gasteiger partial charge on any atom is -0.271 e. The molecule has 0 aromatic heterocycles. The Morgan fingerprint density at radius 2 is 2.15 bits per heavy atom. The van der Waals surface area contributed by atoms with Crippen molar-refractivity contribution in [3.63, 3.8) is 0 Å². The van der Waals surface area contributed by atoms with Gasteiger partial charge >= 0.3 is 0 Å². The minimum absolute atomic E-state index is 0.143. The maximum Gasteiger partial charge on any atom is 0.240 e. The number of aliphatic imine (C=N–C) groups is 1. The summed E-state index contributed by atoms with van der Waals surface area (Å²) in [6.07, 6.45) is 3.55. The van der Waals surface area contributed by atoms with Crippen LogP contribution in [-0.4, -0.2) is 25.9 Å². The minimum atomic E-state index is -3.55. The molecule has 0 aliphatic rings. The fourth-order valence-electron chi connectivity index (χ4n) is 1.39. The van der Waals surface area contributed by atoms with Crippen molar-refractivity contribution in [2.24, 2.45) is 4.99 Å². The molecular weight excluding hydrogens is 296 g/mol. The van der Waals surface area contributed by atoms with Crippen LogP contribution in [0.4, 0.5) is 5.69 Å². The maximum absolute atomic E-state index is 12.0. The second-order valence-electron chi connectivity index (χ2n) is 4.13. The lowest BCUT2D eigenvalue weighted by Gasteiger charge is -2.09. The highest BCUT2D eigenvalue weighted by Gasteiger charge is 2.15. The van der Waals surface area contributed by atoms with Crippen LogP contribution in [0.5, 0.6) is 0 Å². The third kappa shape index (κ3) is 4.85. The highest BCUT2D eigenvalue weighted by atomic mass is 32.2. The molecule has 1 aromatic rings. The molecule has 0 heterocycles. The van der Waals surface area contributed by atoms with Crippen molar-refractivity contribution in [2.45, 2.75) is 24.8 Å². The fourth-order valence-corrected chi connectivity index (χ4v) is 3.02. The second-order valence-corrected chi connectivity index (χ2v) is 6.64. The van der Waals surface area contributed by atoms with Gasteiger partial charge in [-0.3, -0.25) is 5.32 Å². The van der Waals surface area contributed by atoms with Crippen molar-refractivity contribution < 1.29 is 8.42 Å². The van der Waals surface area contributed by atoms with Crippen molar-refractivity contribution >= 4 is 32.6 Å². The summed E-state index contributed by atoms with van der Waals surface area (Å²) in [5, 5.41) is 11.4. The third-order valence-corrected chi connectivity index (χ3v) is 4.34. The van der Waals surface area contributed by atoms with Gasteiger partial charge in [0, 0.05) is 6.04 Å². The Labute approximate surface area is 123 Å². The van der Waals surface area contributed by atoms with Gasteiger partial charge in [-0.15, -0.1) is 0 Å². The molecule has 1 aromatic carbocycles. The van der Waals surface area contributed by atoms with Crippen molar-refractivity contribution in [2.75, 3.05) is 6.26 Å². The smallest absolute Gasteiger partial charge is 0.240 e. The molecule has 0 saturated carbocycles. The maximum atomic E-state index is 12.0. The molecule has 0 saturated heterocycles. The van der Waals surface area contributed by atoms with Crippen LogP contribution in [0.1, 0.15) is 13.8 Å². The Morgan fingerprint density at radius 3 is 2.70 bits per heavy atom. The molecule has 0 atom stereocenters. The van der Waals surface area contributed by atoms with Crippen molar-refractivity contribution in [1.82, 2.24) is 10.0 Å². The zero-order chi connectivity index (χ0) is 15.2. The first-order valence-electron chi connectivity index (χ1n) is 5.79. The lowest BCUT2D eigenvalue weighted by Crippen LogP contribution is -2.30. The summed E-state index contributed by atoms with van der Waals surface area (Å²) in [6.45, 7) is 3.50. The summed E-state index contributed by atoms with van der Waals surface area (Å²) in [5.74, 6) is 0. The predicted molar refractivity (Wildman–Crippen MR) is 81.3 cm³/mol. The van der Waals surface area contributed by atoms with E-state index in [0.717, 1.165) is 0 Å². The van der Waals surface area contributed by atoms with Gasteiger partial charge in [-0.25, -0.2) is 18.1 Å². The van der Waals surface area contributed by atoms with Crippen LogP contribution in [0.2, 0.25) is 0 Å². The lowest BCUT2D eigenvalue weighted by atomic mass is 10.3. The normalized spacial score (nSPS) is 12.2. The number of nitrogens with zero attached hydrogens (tertiary/aromatic N) is 2. The summed E-state index contributed by atoms with van der Waals surface area (Å²) in [6, 6.07) is 6.05. The summed E-state index contributed by atoms with van der Waals surface area (Å²) < 4.78 is 26.6. The van der Waals surface area contributed by atoms with Gasteiger partial charge in [0.15, 0.2) is 11.4 Å². The number of amidine groups is 1. The molecular formula is C12H16N4O2S2. The number of rotatable bonds is 4. The monoisotopic (exact) mass is 312 g/mol. The van der Waals surface area contributed by atoms with Crippen molar-refractivity contribution in [3.8, 4) is 6.19 Å². The van der Waals surface area contributed by atoms with E-state index in [1.165, 1.54) is 23.9 Å². The third-order valence-electron chi connectivity index (χ3n) is 2.11. The lowest BCUT2D eigenvalue weighted by molar-refractivity contribution is 0.570. The quantitative estimate of drug-likeness (QED) is 0.382. The highest BCUT2D eigenvalue weighted by molar-refractivity contribution is 8.13. The van der Waals surface area contributed by atoms with E-state index in [9.17, 15) is 8.42 Å². The molecule has 1 rings (SSSR count). The average Bonchev–Trinajstić information content (AvgIpc) is 2.37. The Morgan fingerprint density at radius 1 is 1.45 bits per heavy atom. The van der Waals surface area contributed by atoms with E-state index in [2.05, 4.69) is 15.0 Å². The number of thioether (sulfide) groups is 1. The fraction of sp³-hybridized carbons (Fsp3) is 0.333. The molecule has 0 unspecified atom stereocenters. The Bertz CT molecular complexity index is 633. The van der Waals surface area contributed by atoms with E-state index in [1.54, 1.807) is 38.4 Å². The van der Waals surface area contributed by atoms with Gasteiger partial charge in [-0.1, -0.05) is 17.8 Å². The molecule has 0 amide bonds. The summed E-state index contributed by atoms with van der Waals surface area (Å²) in [7, 11) is -3.55. The predicted octanol–water partition coefficient (Wildman–Crippen LogP) is 1.79. The van der Waals surface area contributed by atoms with Crippen molar-refractivity contribution in [1.29, 1.82) is 5.26 Å². The zero-order valence-electron chi connectivity index (χ0n) is 11.4. The number of nitriles is 1. The first-order valence-corrected chi connectivity index (χ1v) is 8.50. The van der Waals surface area contributed by atoms with E-state index in [1.807, 2.05) is 0 Å². The van der Waals surface area contributed by atoms with Gasteiger partial charge in [0.05, 0.1) is 10.6 Å². The van der Waals surface area contributed by atoms with Gasteiger partial charge in [-0.2, -0.15) is 5.26 Å². The van der Waals surface area contributed by atoms with Gasteiger partial charge in [0.25, 0.3) is 0 Å². The summed E-state index contributed by atoms with van der Waals surface area (Å²) in [5.41, 5.74) is 0.462.